The fraction of sp³-hybridized carbons (Fsp3) is 0.550. The molecule has 0 bridgehead atoms. The smallest absolute Gasteiger partial charge is 0.191 e. The van der Waals surface area contributed by atoms with Crippen molar-refractivity contribution < 1.29 is 4.74 Å². The molecule has 0 radical (unpaired) electrons. The Hall–Kier alpha value is -1.68. The Bertz CT molecular complexity index is 742. The molecule has 1 aliphatic heterocycles. The van der Waals surface area contributed by atoms with E-state index >= 15 is 0 Å². The molecule has 1 saturated heterocycles. The average Bonchev–Trinajstić information content (AvgIpc) is 3.36. The third-order valence-corrected chi connectivity index (χ3v) is 4.91. The van der Waals surface area contributed by atoms with Gasteiger partial charge in [-0.1, -0.05) is 31.2 Å². The van der Waals surface area contributed by atoms with Gasteiger partial charge in [0.15, 0.2) is 5.96 Å². The second kappa shape index (κ2) is 12.0. The molecule has 154 valence electrons. The van der Waals surface area contributed by atoms with Gasteiger partial charge in [0.2, 0.25) is 0 Å². The number of rotatable bonds is 8. The SMILES string of the molecule is CCc1nncn1CCNC(=NCc1ccccc1C)NCC1CCOC1.I. The molecule has 1 unspecified atom stereocenters. The highest BCUT2D eigenvalue weighted by atomic mass is 127. The van der Waals surface area contributed by atoms with Gasteiger partial charge < -0.3 is 19.9 Å². The van der Waals surface area contributed by atoms with Gasteiger partial charge in [0.25, 0.3) is 0 Å². The summed E-state index contributed by atoms with van der Waals surface area (Å²) >= 11 is 0. The monoisotopic (exact) mass is 498 g/mol. The molecule has 1 aromatic heterocycles. The summed E-state index contributed by atoms with van der Waals surface area (Å²) in [5.74, 6) is 2.41. The second-order valence-electron chi connectivity index (χ2n) is 6.92. The Balaban J connectivity index is 0.00000280. The molecule has 0 aliphatic carbocycles. The van der Waals surface area contributed by atoms with E-state index in [1.807, 2.05) is 0 Å². The van der Waals surface area contributed by atoms with Crippen LogP contribution in [0.3, 0.4) is 0 Å². The van der Waals surface area contributed by atoms with Crippen LogP contribution in [0.2, 0.25) is 0 Å². The van der Waals surface area contributed by atoms with Crippen LogP contribution in [-0.2, 0) is 24.2 Å². The van der Waals surface area contributed by atoms with Gasteiger partial charge in [-0.2, -0.15) is 0 Å². The Morgan fingerprint density at radius 3 is 2.93 bits per heavy atom. The van der Waals surface area contributed by atoms with Crippen molar-refractivity contribution in [1.82, 2.24) is 25.4 Å². The molecule has 1 aromatic carbocycles. The van der Waals surface area contributed by atoms with Crippen LogP contribution in [0.1, 0.15) is 30.3 Å². The largest absolute Gasteiger partial charge is 0.381 e. The zero-order valence-electron chi connectivity index (χ0n) is 16.7. The molecule has 0 amide bonds. The third-order valence-electron chi connectivity index (χ3n) is 4.91. The summed E-state index contributed by atoms with van der Waals surface area (Å²) < 4.78 is 7.55. The van der Waals surface area contributed by atoms with Crippen LogP contribution in [0.4, 0.5) is 0 Å². The maximum atomic E-state index is 5.47. The first kappa shape index (κ1) is 22.6. The van der Waals surface area contributed by atoms with Crippen molar-refractivity contribution in [3.05, 3.63) is 47.5 Å². The first-order valence-corrected chi connectivity index (χ1v) is 9.77. The zero-order valence-corrected chi connectivity index (χ0v) is 19.1. The summed E-state index contributed by atoms with van der Waals surface area (Å²) in [5, 5.41) is 15.0. The molecule has 0 saturated carbocycles. The number of halogens is 1. The van der Waals surface area contributed by atoms with Crippen molar-refractivity contribution in [1.29, 1.82) is 0 Å². The van der Waals surface area contributed by atoms with E-state index in [1.54, 1.807) is 6.33 Å². The van der Waals surface area contributed by atoms with Crippen LogP contribution in [0, 0.1) is 12.8 Å². The van der Waals surface area contributed by atoms with E-state index < -0.39 is 0 Å². The topological polar surface area (TPSA) is 76.4 Å². The number of benzene rings is 1. The van der Waals surface area contributed by atoms with Gasteiger partial charge in [-0.3, -0.25) is 0 Å². The molecule has 28 heavy (non-hydrogen) atoms. The fourth-order valence-electron chi connectivity index (χ4n) is 3.15. The highest BCUT2D eigenvalue weighted by Gasteiger charge is 2.15. The lowest BCUT2D eigenvalue weighted by Crippen LogP contribution is -2.41. The highest BCUT2D eigenvalue weighted by Crippen LogP contribution is 2.11. The summed E-state index contributed by atoms with van der Waals surface area (Å²) in [7, 11) is 0. The number of aliphatic imine (C=N–C) groups is 1. The number of ether oxygens (including phenoxy) is 1. The van der Waals surface area contributed by atoms with Crippen molar-refractivity contribution in [2.45, 2.75) is 39.8 Å². The van der Waals surface area contributed by atoms with Gasteiger partial charge in [-0.05, 0) is 24.5 Å². The van der Waals surface area contributed by atoms with Gasteiger partial charge in [0.1, 0.15) is 12.2 Å². The molecule has 2 aromatic rings. The van der Waals surface area contributed by atoms with E-state index in [2.05, 4.69) is 63.5 Å². The maximum Gasteiger partial charge on any atom is 0.191 e. The zero-order chi connectivity index (χ0) is 18.9. The second-order valence-corrected chi connectivity index (χ2v) is 6.92. The third kappa shape index (κ3) is 6.73. The number of hydrogen-bond donors (Lipinski definition) is 2. The quantitative estimate of drug-likeness (QED) is 0.333. The minimum absolute atomic E-state index is 0. The van der Waals surface area contributed by atoms with Crippen molar-refractivity contribution in [2.24, 2.45) is 10.9 Å². The normalized spacial score (nSPS) is 16.6. The maximum absolute atomic E-state index is 5.47. The predicted octanol–water partition coefficient (Wildman–Crippen LogP) is 2.54. The lowest BCUT2D eigenvalue weighted by atomic mass is 10.1. The molecular weight excluding hydrogens is 467 g/mol. The van der Waals surface area contributed by atoms with Crippen molar-refractivity contribution >= 4 is 29.9 Å². The lowest BCUT2D eigenvalue weighted by molar-refractivity contribution is 0.186. The van der Waals surface area contributed by atoms with Gasteiger partial charge in [-0.15, -0.1) is 34.2 Å². The first-order valence-electron chi connectivity index (χ1n) is 9.77. The molecule has 1 fully saturated rings. The van der Waals surface area contributed by atoms with Gasteiger partial charge in [0.05, 0.1) is 13.2 Å². The fourth-order valence-corrected chi connectivity index (χ4v) is 3.15. The Kier molecular flexibility index (Phi) is 9.69. The standard InChI is InChI=1S/C20H30N6O.HI/c1-3-19-25-24-15-26(19)10-9-21-20(22-12-17-8-11-27-14-17)23-13-18-7-5-4-6-16(18)2;/h4-7,15,17H,3,8-14H2,1-2H3,(H2,21,22,23);1H. The van der Waals surface area contributed by atoms with Crippen molar-refractivity contribution in [2.75, 3.05) is 26.3 Å². The molecule has 3 rings (SSSR count). The number of guanidine groups is 1. The van der Waals surface area contributed by atoms with Gasteiger partial charge in [-0.25, -0.2) is 4.99 Å². The van der Waals surface area contributed by atoms with Crippen LogP contribution in [-0.4, -0.2) is 47.0 Å². The molecule has 1 atom stereocenters. The predicted molar refractivity (Wildman–Crippen MR) is 122 cm³/mol. The molecule has 8 heteroatoms. The molecule has 2 heterocycles. The van der Waals surface area contributed by atoms with Crippen LogP contribution < -0.4 is 10.6 Å². The van der Waals surface area contributed by atoms with Crippen LogP contribution >= 0.6 is 24.0 Å². The van der Waals surface area contributed by atoms with E-state index in [-0.39, 0.29) is 24.0 Å². The number of nitrogens with one attached hydrogen (secondary N) is 2. The van der Waals surface area contributed by atoms with Crippen LogP contribution in [0.15, 0.2) is 35.6 Å². The molecule has 7 nitrogen and oxygen atoms in total. The van der Waals surface area contributed by atoms with Gasteiger partial charge in [0, 0.05) is 38.6 Å². The summed E-state index contributed by atoms with van der Waals surface area (Å²) in [6.07, 6.45) is 3.78. The summed E-state index contributed by atoms with van der Waals surface area (Å²) in [6.45, 7) is 9.04. The van der Waals surface area contributed by atoms with E-state index in [0.717, 1.165) is 57.5 Å². The first-order chi connectivity index (χ1) is 13.3. The number of aryl methyl sites for hydroxylation is 2. The Morgan fingerprint density at radius 1 is 1.32 bits per heavy atom. The molecular formula is C20H31IN6O. The van der Waals surface area contributed by atoms with E-state index in [1.165, 1.54) is 11.1 Å². The van der Waals surface area contributed by atoms with E-state index in [4.69, 9.17) is 9.73 Å². The summed E-state index contributed by atoms with van der Waals surface area (Å²) in [5.41, 5.74) is 2.51. The lowest BCUT2D eigenvalue weighted by Gasteiger charge is -2.16. The Labute approximate surface area is 184 Å². The molecule has 2 N–H and O–H groups in total. The van der Waals surface area contributed by atoms with Gasteiger partial charge >= 0.3 is 0 Å². The summed E-state index contributed by atoms with van der Waals surface area (Å²) in [4.78, 5) is 4.79. The average molecular weight is 498 g/mol. The van der Waals surface area contributed by atoms with Crippen molar-refractivity contribution in [3.8, 4) is 0 Å². The molecule has 0 spiro atoms. The highest BCUT2D eigenvalue weighted by molar-refractivity contribution is 14.0. The van der Waals surface area contributed by atoms with E-state index in [9.17, 15) is 0 Å². The summed E-state index contributed by atoms with van der Waals surface area (Å²) in [6, 6.07) is 8.38. The van der Waals surface area contributed by atoms with Crippen molar-refractivity contribution in [3.63, 3.8) is 0 Å². The number of hydrogen-bond acceptors (Lipinski definition) is 4. The number of aromatic nitrogens is 3. The van der Waals surface area contributed by atoms with Crippen LogP contribution in [0.25, 0.3) is 0 Å². The Morgan fingerprint density at radius 2 is 2.18 bits per heavy atom. The van der Waals surface area contributed by atoms with Crippen LogP contribution in [0.5, 0.6) is 0 Å². The minimum Gasteiger partial charge on any atom is -0.381 e. The number of nitrogens with zero attached hydrogens (tertiary/aromatic N) is 4. The minimum atomic E-state index is 0. The molecule has 1 aliphatic rings. The van der Waals surface area contributed by atoms with E-state index in [0.29, 0.717) is 12.5 Å².